The monoisotopic (exact) mass is 318 g/mol. The highest BCUT2D eigenvalue weighted by Gasteiger charge is 2.23. The number of rotatable bonds is 6. The van der Waals surface area contributed by atoms with Gasteiger partial charge in [-0.1, -0.05) is 12.8 Å². The van der Waals surface area contributed by atoms with Crippen molar-refractivity contribution >= 4 is 25.7 Å². The molecular formula is C13H15ClO5S. The van der Waals surface area contributed by atoms with Gasteiger partial charge in [-0.25, -0.2) is 13.2 Å². The minimum absolute atomic E-state index is 0.0602. The van der Waals surface area contributed by atoms with Crippen LogP contribution in [0.5, 0.6) is 5.75 Å². The molecule has 0 radical (unpaired) electrons. The smallest absolute Gasteiger partial charge is 0.341 e. The van der Waals surface area contributed by atoms with Crippen LogP contribution in [0.1, 0.15) is 29.6 Å². The third kappa shape index (κ3) is 3.86. The Labute approximate surface area is 122 Å². The second-order valence-corrected chi connectivity index (χ2v) is 7.23. The lowest BCUT2D eigenvalue weighted by atomic mass is 10.2. The molecule has 0 bridgehead atoms. The van der Waals surface area contributed by atoms with Gasteiger partial charge in [-0.05, 0) is 30.5 Å². The Hall–Kier alpha value is -1.27. The molecule has 20 heavy (non-hydrogen) atoms. The molecule has 110 valence electrons. The van der Waals surface area contributed by atoms with Crippen molar-refractivity contribution in [3.8, 4) is 5.75 Å². The van der Waals surface area contributed by atoms with Crippen molar-refractivity contribution in [2.75, 3.05) is 13.7 Å². The first kappa shape index (κ1) is 15.1. The van der Waals surface area contributed by atoms with Crippen LogP contribution in [0.3, 0.4) is 0 Å². The van der Waals surface area contributed by atoms with Gasteiger partial charge in [-0.2, -0.15) is 0 Å². The molecule has 1 aromatic rings. The van der Waals surface area contributed by atoms with Crippen LogP contribution >= 0.6 is 10.7 Å². The highest BCUT2D eigenvalue weighted by Crippen LogP contribution is 2.32. The lowest BCUT2D eigenvalue weighted by molar-refractivity contribution is 0.0491. The molecule has 0 heterocycles. The Morgan fingerprint density at radius 3 is 2.65 bits per heavy atom. The van der Waals surface area contributed by atoms with Crippen LogP contribution in [0.2, 0.25) is 0 Å². The normalized spacial score (nSPS) is 14.9. The van der Waals surface area contributed by atoms with Gasteiger partial charge >= 0.3 is 5.97 Å². The number of halogens is 1. The standard InChI is InChI=1S/C13H15ClO5S/c1-18-12-5-4-10(20(14,16)17)8-11(12)13(15)19-7-6-9-2-3-9/h4-5,8-9H,2-3,6-7H2,1H3. The molecule has 0 N–H and O–H groups in total. The van der Waals surface area contributed by atoms with Crippen molar-refractivity contribution < 1.29 is 22.7 Å². The largest absolute Gasteiger partial charge is 0.496 e. The van der Waals surface area contributed by atoms with Gasteiger partial charge < -0.3 is 9.47 Å². The third-order valence-electron chi connectivity index (χ3n) is 3.13. The summed E-state index contributed by atoms with van der Waals surface area (Å²) in [6, 6.07) is 3.83. The lowest BCUT2D eigenvalue weighted by Crippen LogP contribution is -2.09. The highest BCUT2D eigenvalue weighted by molar-refractivity contribution is 8.13. The molecule has 5 nitrogen and oxygen atoms in total. The zero-order chi connectivity index (χ0) is 14.8. The molecule has 1 saturated carbocycles. The van der Waals surface area contributed by atoms with Gasteiger partial charge in [-0.3, -0.25) is 0 Å². The number of carbonyl (C=O) groups excluding carboxylic acids is 1. The number of carbonyl (C=O) groups is 1. The minimum atomic E-state index is -3.90. The first-order chi connectivity index (χ1) is 9.41. The van der Waals surface area contributed by atoms with Crippen LogP contribution in [-0.4, -0.2) is 28.1 Å². The van der Waals surface area contributed by atoms with Gasteiger partial charge in [0.25, 0.3) is 9.05 Å². The SMILES string of the molecule is COc1ccc(S(=O)(=O)Cl)cc1C(=O)OCCC1CC1. The first-order valence-corrected chi connectivity index (χ1v) is 8.52. The summed E-state index contributed by atoms with van der Waals surface area (Å²) in [5.74, 6) is 0.300. The molecule has 2 rings (SSSR count). The maximum Gasteiger partial charge on any atom is 0.341 e. The fourth-order valence-corrected chi connectivity index (χ4v) is 2.58. The maximum absolute atomic E-state index is 12.0. The molecule has 1 aliphatic rings. The maximum atomic E-state index is 12.0. The number of ether oxygens (including phenoxy) is 2. The number of benzene rings is 1. The van der Waals surface area contributed by atoms with Crippen molar-refractivity contribution in [3.05, 3.63) is 23.8 Å². The summed E-state index contributed by atoms with van der Waals surface area (Å²) in [5, 5.41) is 0. The molecule has 0 saturated heterocycles. The van der Waals surface area contributed by atoms with E-state index in [2.05, 4.69) is 0 Å². The van der Waals surface area contributed by atoms with E-state index in [1.165, 1.54) is 38.2 Å². The number of methoxy groups -OCH3 is 1. The van der Waals surface area contributed by atoms with Gasteiger partial charge in [0, 0.05) is 10.7 Å². The average molecular weight is 319 g/mol. The Balaban J connectivity index is 2.15. The summed E-state index contributed by atoms with van der Waals surface area (Å²) in [6.45, 7) is 0.324. The minimum Gasteiger partial charge on any atom is -0.496 e. The van der Waals surface area contributed by atoms with E-state index in [1.807, 2.05) is 0 Å². The van der Waals surface area contributed by atoms with Crippen LogP contribution in [0.4, 0.5) is 0 Å². The molecule has 0 amide bonds. The van der Waals surface area contributed by atoms with Crippen LogP contribution < -0.4 is 4.74 Å². The highest BCUT2D eigenvalue weighted by atomic mass is 35.7. The zero-order valence-electron chi connectivity index (χ0n) is 11.0. The van der Waals surface area contributed by atoms with E-state index in [4.69, 9.17) is 20.2 Å². The Morgan fingerprint density at radius 2 is 2.10 bits per heavy atom. The van der Waals surface area contributed by atoms with E-state index in [0.717, 1.165) is 6.42 Å². The van der Waals surface area contributed by atoms with Crippen molar-refractivity contribution in [1.82, 2.24) is 0 Å². The number of hydrogen-bond donors (Lipinski definition) is 0. The molecule has 0 aromatic heterocycles. The van der Waals surface area contributed by atoms with Crippen LogP contribution in [0.15, 0.2) is 23.1 Å². The first-order valence-electron chi connectivity index (χ1n) is 6.21. The molecule has 0 spiro atoms. The summed E-state index contributed by atoms with van der Waals surface area (Å²) < 4.78 is 32.8. The molecule has 1 aromatic carbocycles. The van der Waals surface area contributed by atoms with Gasteiger partial charge in [0.15, 0.2) is 0 Å². The number of esters is 1. The van der Waals surface area contributed by atoms with Crippen LogP contribution in [0.25, 0.3) is 0 Å². The Bertz CT molecular complexity index is 607. The summed E-state index contributed by atoms with van der Waals surface area (Å²) in [4.78, 5) is 11.8. The third-order valence-corrected chi connectivity index (χ3v) is 4.48. The fourth-order valence-electron chi connectivity index (χ4n) is 1.80. The predicted molar refractivity (Wildman–Crippen MR) is 73.7 cm³/mol. The van der Waals surface area contributed by atoms with Gasteiger partial charge in [-0.15, -0.1) is 0 Å². The molecule has 1 fully saturated rings. The Kier molecular flexibility index (Phi) is 4.55. The summed E-state index contributed by atoms with van der Waals surface area (Å²) in [5.41, 5.74) is 0.0602. The Morgan fingerprint density at radius 1 is 1.40 bits per heavy atom. The van der Waals surface area contributed by atoms with Crippen LogP contribution in [-0.2, 0) is 13.8 Å². The van der Waals surface area contributed by atoms with E-state index in [-0.39, 0.29) is 16.2 Å². The van der Waals surface area contributed by atoms with E-state index in [1.54, 1.807) is 0 Å². The summed E-state index contributed by atoms with van der Waals surface area (Å²) in [6.07, 6.45) is 3.20. The van der Waals surface area contributed by atoms with Gasteiger partial charge in [0.1, 0.15) is 11.3 Å². The molecule has 7 heteroatoms. The van der Waals surface area contributed by atoms with E-state index in [9.17, 15) is 13.2 Å². The van der Waals surface area contributed by atoms with Gasteiger partial charge in [0.2, 0.25) is 0 Å². The van der Waals surface area contributed by atoms with Crippen molar-refractivity contribution in [1.29, 1.82) is 0 Å². The van der Waals surface area contributed by atoms with Crippen LogP contribution in [0, 0.1) is 5.92 Å². The molecule has 1 aliphatic carbocycles. The quantitative estimate of drug-likeness (QED) is 0.595. The summed E-state index contributed by atoms with van der Waals surface area (Å²) >= 11 is 0. The molecular weight excluding hydrogens is 304 g/mol. The lowest BCUT2D eigenvalue weighted by Gasteiger charge is -2.09. The average Bonchev–Trinajstić information content (AvgIpc) is 3.21. The fraction of sp³-hybridized carbons (Fsp3) is 0.462. The second kappa shape index (κ2) is 6.01. The van der Waals surface area contributed by atoms with Crippen molar-refractivity contribution in [3.63, 3.8) is 0 Å². The zero-order valence-corrected chi connectivity index (χ0v) is 12.5. The van der Waals surface area contributed by atoms with E-state index >= 15 is 0 Å². The predicted octanol–water partition coefficient (Wildman–Crippen LogP) is 2.58. The molecule has 0 unspecified atom stereocenters. The van der Waals surface area contributed by atoms with Crippen molar-refractivity contribution in [2.45, 2.75) is 24.2 Å². The summed E-state index contributed by atoms with van der Waals surface area (Å²) in [7, 11) is 2.76. The molecule has 0 aliphatic heterocycles. The van der Waals surface area contributed by atoms with E-state index in [0.29, 0.717) is 12.5 Å². The van der Waals surface area contributed by atoms with Gasteiger partial charge in [0.05, 0.1) is 18.6 Å². The number of hydrogen-bond acceptors (Lipinski definition) is 5. The van der Waals surface area contributed by atoms with E-state index < -0.39 is 15.0 Å². The molecule has 0 atom stereocenters. The second-order valence-electron chi connectivity index (χ2n) is 4.67. The van der Waals surface area contributed by atoms with Crippen molar-refractivity contribution in [2.24, 2.45) is 5.92 Å². The topological polar surface area (TPSA) is 69.7 Å².